The molecule has 1 aromatic carbocycles. The maximum Gasteiger partial charge on any atom is 0.0294 e. The second-order valence-corrected chi connectivity index (χ2v) is 3.45. The van der Waals surface area contributed by atoms with E-state index < -0.39 is 0 Å². The van der Waals surface area contributed by atoms with E-state index in [1.54, 1.807) is 0 Å². The summed E-state index contributed by atoms with van der Waals surface area (Å²) in [6.07, 6.45) is 0. The first-order chi connectivity index (χ1) is 5.70. The van der Waals surface area contributed by atoms with E-state index in [2.05, 4.69) is 50.4 Å². The summed E-state index contributed by atoms with van der Waals surface area (Å²) in [5, 5.41) is 3.46. The fraction of sp³-hybridized carbons (Fsp3) is 0.455. The van der Waals surface area contributed by atoms with Gasteiger partial charge in [0.05, 0.1) is 0 Å². The van der Waals surface area contributed by atoms with Crippen LogP contribution in [0, 0.1) is 0 Å². The third-order valence-electron chi connectivity index (χ3n) is 1.88. The van der Waals surface area contributed by atoms with Crippen LogP contribution in [0.2, 0.25) is 0 Å². The molecule has 0 aliphatic carbocycles. The van der Waals surface area contributed by atoms with Gasteiger partial charge in [-0.1, -0.05) is 44.2 Å². The Hall–Kier alpha value is -0.530. The molecule has 1 atom stereocenters. The predicted molar refractivity (Wildman–Crippen MR) is 60.4 cm³/mol. The van der Waals surface area contributed by atoms with Gasteiger partial charge in [0.25, 0.3) is 0 Å². The first-order valence-corrected chi connectivity index (χ1v) is 4.51. The van der Waals surface area contributed by atoms with Gasteiger partial charge >= 0.3 is 0 Å². The minimum Gasteiger partial charge on any atom is -0.308 e. The second-order valence-electron chi connectivity index (χ2n) is 3.45. The van der Waals surface area contributed by atoms with Crippen LogP contribution in [0.25, 0.3) is 0 Å². The van der Waals surface area contributed by atoms with Crippen molar-refractivity contribution in [3.8, 4) is 0 Å². The summed E-state index contributed by atoms with van der Waals surface area (Å²) in [7, 11) is 0. The van der Waals surface area contributed by atoms with Gasteiger partial charge in [0.1, 0.15) is 0 Å². The zero-order valence-electron chi connectivity index (χ0n) is 8.45. The van der Waals surface area contributed by atoms with Crippen molar-refractivity contribution >= 4 is 12.4 Å². The van der Waals surface area contributed by atoms with E-state index in [9.17, 15) is 0 Å². The van der Waals surface area contributed by atoms with Crippen molar-refractivity contribution in [2.75, 3.05) is 0 Å². The molecule has 0 saturated carbocycles. The maximum absolute atomic E-state index is 3.46. The lowest BCUT2D eigenvalue weighted by Gasteiger charge is -2.16. The molecule has 13 heavy (non-hydrogen) atoms. The molecular formula is C11H18ClN. The van der Waals surface area contributed by atoms with E-state index in [1.807, 2.05) is 6.07 Å². The van der Waals surface area contributed by atoms with Gasteiger partial charge in [0, 0.05) is 12.1 Å². The molecule has 0 amide bonds. The lowest BCUT2D eigenvalue weighted by atomic mass is 10.1. The van der Waals surface area contributed by atoms with Crippen molar-refractivity contribution in [1.82, 2.24) is 5.32 Å². The molecule has 0 saturated heterocycles. The monoisotopic (exact) mass is 199 g/mol. The van der Waals surface area contributed by atoms with Gasteiger partial charge in [0.15, 0.2) is 0 Å². The van der Waals surface area contributed by atoms with Crippen LogP contribution in [0.4, 0.5) is 0 Å². The minimum absolute atomic E-state index is 0. The number of halogens is 1. The quantitative estimate of drug-likeness (QED) is 0.789. The molecule has 1 nitrogen and oxygen atoms in total. The average molecular weight is 200 g/mol. The molecule has 0 fully saturated rings. The molecule has 0 radical (unpaired) electrons. The highest BCUT2D eigenvalue weighted by Crippen LogP contribution is 2.11. The summed E-state index contributed by atoms with van der Waals surface area (Å²) in [6, 6.07) is 11.5. The summed E-state index contributed by atoms with van der Waals surface area (Å²) in [6.45, 7) is 6.52. The summed E-state index contributed by atoms with van der Waals surface area (Å²) in [5.41, 5.74) is 1.35. The lowest BCUT2D eigenvalue weighted by Crippen LogP contribution is -2.25. The highest BCUT2D eigenvalue weighted by atomic mass is 35.5. The van der Waals surface area contributed by atoms with Gasteiger partial charge < -0.3 is 5.32 Å². The van der Waals surface area contributed by atoms with Crippen LogP contribution >= 0.6 is 12.4 Å². The van der Waals surface area contributed by atoms with Crippen molar-refractivity contribution < 1.29 is 0 Å². The molecule has 1 N–H and O–H groups in total. The molecule has 0 unspecified atom stereocenters. The van der Waals surface area contributed by atoms with Gasteiger partial charge in [-0.2, -0.15) is 0 Å². The molecule has 0 heterocycles. The van der Waals surface area contributed by atoms with Gasteiger partial charge in [-0.3, -0.25) is 0 Å². The number of hydrogen-bond acceptors (Lipinski definition) is 1. The third-order valence-corrected chi connectivity index (χ3v) is 1.88. The number of rotatable bonds is 3. The highest BCUT2D eigenvalue weighted by Gasteiger charge is 2.04. The van der Waals surface area contributed by atoms with Crippen LogP contribution in [0.5, 0.6) is 0 Å². The van der Waals surface area contributed by atoms with Crippen molar-refractivity contribution in [3.63, 3.8) is 0 Å². The molecule has 0 spiro atoms. The van der Waals surface area contributed by atoms with Gasteiger partial charge in [-0.15, -0.1) is 12.4 Å². The van der Waals surface area contributed by atoms with E-state index in [0.717, 1.165) is 0 Å². The second kappa shape index (κ2) is 6.01. The SMILES string of the molecule is CC(C)N[C@@H](C)c1ccccc1.Cl. The number of nitrogens with one attached hydrogen (secondary N) is 1. The van der Waals surface area contributed by atoms with Crippen LogP contribution in [0.1, 0.15) is 32.4 Å². The largest absolute Gasteiger partial charge is 0.308 e. The number of benzene rings is 1. The number of hydrogen-bond donors (Lipinski definition) is 1. The molecule has 0 aliphatic heterocycles. The minimum atomic E-state index is 0. The first-order valence-electron chi connectivity index (χ1n) is 4.51. The lowest BCUT2D eigenvalue weighted by molar-refractivity contribution is 0.506. The third kappa shape index (κ3) is 4.30. The van der Waals surface area contributed by atoms with Crippen LogP contribution < -0.4 is 5.32 Å². The molecule has 0 bridgehead atoms. The summed E-state index contributed by atoms with van der Waals surface area (Å²) in [4.78, 5) is 0. The molecular weight excluding hydrogens is 182 g/mol. The Morgan fingerprint density at radius 3 is 2.00 bits per heavy atom. The molecule has 2 heteroatoms. The molecule has 74 valence electrons. The standard InChI is InChI=1S/C11H17N.ClH/c1-9(2)12-10(3)11-7-5-4-6-8-11;/h4-10,12H,1-3H3;1H/t10-;/m0./s1. The van der Waals surface area contributed by atoms with Crippen LogP contribution in [0.3, 0.4) is 0 Å². The average Bonchev–Trinajstić information content (AvgIpc) is 2.05. The van der Waals surface area contributed by atoms with Crippen LogP contribution in [-0.4, -0.2) is 6.04 Å². The zero-order chi connectivity index (χ0) is 8.97. The Bertz CT molecular complexity index is 221. The van der Waals surface area contributed by atoms with Crippen molar-refractivity contribution in [3.05, 3.63) is 35.9 Å². The van der Waals surface area contributed by atoms with Gasteiger partial charge in [0.2, 0.25) is 0 Å². The molecule has 1 rings (SSSR count). The first kappa shape index (κ1) is 12.5. The smallest absolute Gasteiger partial charge is 0.0294 e. The Morgan fingerprint density at radius 1 is 1.00 bits per heavy atom. The van der Waals surface area contributed by atoms with Crippen molar-refractivity contribution in [2.45, 2.75) is 32.9 Å². The van der Waals surface area contributed by atoms with E-state index in [4.69, 9.17) is 0 Å². The summed E-state index contributed by atoms with van der Waals surface area (Å²) in [5.74, 6) is 0. The van der Waals surface area contributed by atoms with E-state index in [1.165, 1.54) is 5.56 Å². The highest BCUT2D eigenvalue weighted by molar-refractivity contribution is 5.85. The van der Waals surface area contributed by atoms with Crippen LogP contribution in [-0.2, 0) is 0 Å². The Balaban J connectivity index is 0.00000144. The Labute approximate surface area is 87.0 Å². The van der Waals surface area contributed by atoms with Crippen molar-refractivity contribution in [2.24, 2.45) is 0 Å². The Morgan fingerprint density at radius 2 is 1.54 bits per heavy atom. The molecule has 0 aliphatic rings. The normalized spacial score (nSPS) is 12.3. The Kier molecular flexibility index (Phi) is 5.76. The van der Waals surface area contributed by atoms with E-state index in [0.29, 0.717) is 12.1 Å². The van der Waals surface area contributed by atoms with Gasteiger partial charge in [-0.25, -0.2) is 0 Å². The predicted octanol–water partition coefficient (Wildman–Crippen LogP) is 3.17. The summed E-state index contributed by atoms with van der Waals surface area (Å²) < 4.78 is 0. The van der Waals surface area contributed by atoms with Crippen molar-refractivity contribution in [1.29, 1.82) is 0 Å². The van der Waals surface area contributed by atoms with Crippen LogP contribution in [0.15, 0.2) is 30.3 Å². The zero-order valence-corrected chi connectivity index (χ0v) is 9.27. The van der Waals surface area contributed by atoms with E-state index in [-0.39, 0.29) is 12.4 Å². The fourth-order valence-corrected chi connectivity index (χ4v) is 1.34. The fourth-order valence-electron chi connectivity index (χ4n) is 1.34. The summed E-state index contributed by atoms with van der Waals surface area (Å²) >= 11 is 0. The topological polar surface area (TPSA) is 12.0 Å². The van der Waals surface area contributed by atoms with Gasteiger partial charge in [-0.05, 0) is 12.5 Å². The molecule has 1 aromatic rings. The molecule has 0 aromatic heterocycles. The van der Waals surface area contributed by atoms with E-state index >= 15 is 0 Å². The maximum atomic E-state index is 3.46.